The van der Waals surface area contributed by atoms with Crippen molar-refractivity contribution in [1.82, 2.24) is 0 Å². The molecule has 98 valence electrons. The molecule has 0 fully saturated rings. The first kappa shape index (κ1) is 13.5. The van der Waals surface area contributed by atoms with Crippen LogP contribution in [0, 0.1) is 6.92 Å². The molecule has 0 aliphatic carbocycles. The predicted molar refractivity (Wildman–Crippen MR) is 75.9 cm³/mol. The molecule has 0 unspecified atom stereocenters. The van der Waals surface area contributed by atoms with Gasteiger partial charge in [0.05, 0.1) is 0 Å². The smallest absolute Gasteiger partial charge is 0.331 e. The van der Waals surface area contributed by atoms with Crippen molar-refractivity contribution >= 4 is 28.1 Å². The van der Waals surface area contributed by atoms with Crippen molar-refractivity contribution < 1.29 is 14.0 Å². The Morgan fingerprint density at radius 1 is 1.37 bits per heavy atom. The number of hydrogen-bond acceptors (Lipinski definition) is 4. The maximum Gasteiger partial charge on any atom is 0.331 e. The second-order valence-electron chi connectivity index (χ2n) is 3.98. The summed E-state index contributed by atoms with van der Waals surface area (Å²) in [5.74, 6) is 0.795. The Labute approximate surface area is 119 Å². The van der Waals surface area contributed by atoms with Gasteiger partial charge in [0, 0.05) is 17.0 Å². The number of aryl methyl sites for hydroxylation is 1. The molecule has 0 bridgehead atoms. The fraction of sp³-hybridized carbons (Fsp3) is 0.143. The number of rotatable bonds is 3. The van der Waals surface area contributed by atoms with E-state index in [0.717, 1.165) is 21.4 Å². The van der Waals surface area contributed by atoms with Crippen LogP contribution in [0.1, 0.15) is 18.2 Å². The average molecular weight is 322 g/mol. The Bertz CT molecular complexity index is 631. The fourth-order valence-corrected chi connectivity index (χ4v) is 1.77. The van der Waals surface area contributed by atoms with Crippen LogP contribution >= 0.6 is 15.9 Å². The van der Waals surface area contributed by atoms with Crippen LogP contribution in [0.4, 0.5) is 0 Å². The van der Waals surface area contributed by atoms with Crippen molar-refractivity contribution in [3.8, 4) is 11.3 Å². The average Bonchev–Trinajstić information content (AvgIpc) is 2.81. The molecule has 0 aliphatic heterocycles. The van der Waals surface area contributed by atoms with Crippen molar-refractivity contribution in [2.24, 2.45) is 5.16 Å². The lowest BCUT2D eigenvalue weighted by Crippen LogP contribution is -1.90. The van der Waals surface area contributed by atoms with Crippen molar-refractivity contribution in [2.75, 3.05) is 0 Å². The molecule has 0 aliphatic rings. The Kier molecular flexibility index (Phi) is 4.16. The monoisotopic (exact) mass is 321 g/mol. The molecule has 19 heavy (non-hydrogen) atoms. The first-order chi connectivity index (χ1) is 9.06. The van der Waals surface area contributed by atoms with Gasteiger partial charge in [-0.25, -0.2) is 4.79 Å². The highest BCUT2D eigenvalue weighted by molar-refractivity contribution is 9.10. The van der Waals surface area contributed by atoms with E-state index in [1.54, 1.807) is 6.07 Å². The van der Waals surface area contributed by atoms with E-state index < -0.39 is 5.97 Å². The predicted octanol–water partition coefficient (Wildman–Crippen LogP) is 3.91. The Hall–Kier alpha value is -1.88. The lowest BCUT2D eigenvalue weighted by atomic mass is 10.1. The summed E-state index contributed by atoms with van der Waals surface area (Å²) < 4.78 is 6.65. The van der Waals surface area contributed by atoms with Gasteiger partial charge in [0.15, 0.2) is 0 Å². The van der Waals surface area contributed by atoms with Gasteiger partial charge in [0.25, 0.3) is 0 Å². The van der Waals surface area contributed by atoms with Gasteiger partial charge in [-0.15, -0.1) is 0 Å². The number of carbonyl (C=O) groups excluding carboxylic acids is 1. The third-order valence-electron chi connectivity index (χ3n) is 2.43. The minimum atomic E-state index is -0.466. The van der Waals surface area contributed by atoms with Crippen LogP contribution in [-0.4, -0.2) is 12.2 Å². The van der Waals surface area contributed by atoms with Crippen LogP contribution in [0.5, 0.6) is 0 Å². The van der Waals surface area contributed by atoms with Gasteiger partial charge in [-0.1, -0.05) is 27.2 Å². The van der Waals surface area contributed by atoms with E-state index in [9.17, 15) is 4.79 Å². The molecule has 5 heteroatoms. The molecular weight excluding hydrogens is 310 g/mol. The largest absolute Gasteiger partial charge is 0.455 e. The third kappa shape index (κ3) is 3.54. The zero-order chi connectivity index (χ0) is 13.8. The van der Waals surface area contributed by atoms with Gasteiger partial charge in [0.1, 0.15) is 17.7 Å². The summed E-state index contributed by atoms with van der Waals surface area (Å²) >= 11 is 3.45. The van der Waals surface area contributed by atoms with Crippen LogP contribution in [-0.2, 0) is 9.63 Å². The van der Waals surface area contributed by atoms with E-state index in [1.165, 1.54) is 13.1 Å². The van der Waals surface area contributed by atoms with Gasteiger partial charge in [0.2, 0.25) is 0 Å². The fourth-order valence-electron chi connectivity index (χ4n) is 1.53. The molecular formula is C14H12BrNO3. The quantitative estimate of drug-likeness (QED) is 0.489. The number of carbonyl (C=O) groups is 1. The molecule has 2 aromatic rings. The Balaban J connectivity index is 2.18. The summed E-state index contributed by atoms with van der Waals surface area (Å²) in [5, 5.41) is 3.50. The molecule has 0 saturated heterocycles. The van der Waals surface area contributed by atoms with Gasteiger partial charge < -0.3 is 9.25 Å². The lowest BCUT2D eigenvalue weighted by Gasteiger charge is -2.01. The van der Waals surface area contributed by atoms with E-state index in [4.69, 9.17) is 4.42 Å². The van der Waals surface area contributed by atoms with Crippen molar-refractivity contribution in [2.45, 2.75) is 13.8 Å². The van der Waals surface area contributed by atoms with Crippen molar-refractivity contribution in [1.29, 1.82) is 0 Å². The molecule has 4 nitrogen and oxygen atoms in total. The first-order valence-electron chi connectivity index (χ1n) is 5.63. The zero-order valence-corrected chi connectivity index (χ0v) is 12.1. The number of oxime groups is 1. The topological polar surface area (TPSA) is 51.8 Å². The second-order valence-corrected chi connectivity index (χ2v) is 4.84. The molecule has 1 heterocycles. The standard InChI is InChI=1S/C14H12BrNO3/c1-9-7-11(3-5-13(9)15)14-6-4-12(18-14)8-16-19-10(2)17/h3-8H,1-2H3/b16-8-. The van der Waals surface area contributed by atoms with Gasteiger partial charge >= 0.3 is 5.97 Å². The SMILES string of the molecule is CC(=O)O/N=C\c1ccc(-c2ccc(Br)c(C)c2)o1. The van der Waals surface area contributed by atoms with Gasteiger partial charge in [-0.05, 0) is 36.8 Å². The van der Waals surface area contributed by atoms with Crippen LogP contribution < -0.4 is 0 Å². The van der Waals surface area contributed by atoms with E-state index in [2.05, 4.69) is 25.9 Å². The number of benzene rings is 1. The maximum atomic E-state index is 10.6. The highest BCUT2D eigenvalue weighted by atomic mass is 79.9. The molecule has 0 saturated carbocycles. The van der Waals surface area contributed by atoms with E-state index in [0.29, 0.717) is 5.76 Å². The molecule has 0 atom stereocenters. The minimum Gasteiger partial charge on any atom is -0.455 e. The lowest BCUT2D eigenvalue weighted by molar-refractivity contribution is -0.140. The van der Waals surface area contributed by atoms with Gasteiger partial charge in [-0.2, -0.15) is 0 Å². The van der Waals surface area contributed by atoms with Crippen LogP contribution in [0.3, 0.4) is 0 Å². The number of halogens is 1. The van der Waals surface area contributed by atoms with Crippen LogP contribution in [0.25, 0.3) is 11.3 Å². The van der Waals surface area contributed by atoms with E-state index in [1.807, 2.05) is 31.2 Å². The number of furan rings is 1. The Morgan fingerprint density at radius 3 is 2.84 bits per heavy atom. The van der Waals surface area contributed by atoms with Crippen LogP contribution in [0.15, 0.2) is 44.4 Å². The maximum absolute atomic E-state index is 10.6. The highest BCUT2D eigenvalue weighted by Gasteiger charge is 2.05. The van der Waals surface area contributed by atoms with E-state index in [-0.39, 0.29) is 0 Å². The minimum absolute atomic E-state index is 0.466. The summed E-state index contributed by atoms with van der Waals surface area (Å²) in [4.78, 5) is 15.0. The van der Waals surface area contributed by atoms with E-state index >= 15 is 0 Å². The molecule has 1 aromatic heterocycles. The molecule has 0 amide bonds. The summed E-state index contributed by atoms with van der Waals surface area (Å²) in [6.45, 7) is 3.30. The summed E-state index contributed by atoms with van der Waals surface area (Å²) in [5.41, 5.74) is 2.11. The summed E-state index contributed by atoms with van der Waals surface area (Å²) in [6, 6.07) is 9.57. The molecule has 1 aromatic carbocycles. The summed E-state index contributed by atoms with van der Waals surface area (Å²) in [6.07, 6.45) is 1.36. The zero-order valence-electron chi connectivity index (χ0n) is 10.5. The molecule has 0 radical (unpaired) electrons. The normalized spacial score (nSPS) is 10.9. The van der Waals surface area contributed by atoms with Crippen molar-refractivity contribution in [3.05, 3.63) is 46.1 Å². The molecule has 2 rings (SSSR count). The third-order valence-corrected chi connectivity index (χ3v) is 3.32. The van der Waals surface area contributed by atoms with Gasteiger partial charge in [-0.3, -0.25) is 0 Å². The van der Waals surface area contributed by atoms with Crippen molar-refractivity contribution in [3.63, 3.8) is 0 Å². The first-order valence-corrected chi connectivity index (χ1v) is 6.43. The number of nitrogens with zero attached hydrogens (tertiary/aromatic N) is 1. The Morgan fingerprint density at radius 2 is 2.16 bits per heavy atom. The second kappa shape index (κ2) is 5.84. The van der Waals surface area contributed by atoms with Crippen LogP contribution in [0.2, 0.25) is 0 Å². The molecule has 0 N–H and O–H groups in total. The number of hydrogen-bond donors (Lipinski definition) is 0. The molecule has 0 spiro atoms. The summed E-state index contributed by atoms with van der Waals surface area (Å²) in [7, 11) is 0. The highest BCUT2D eigenvalue weighted by Crippen LogP contribution is 2.26.